The zero-order chi connectivity index (χ0) is 15.0. The van der Waals surface area contributed by atoms with E-state index in [1.165, 1.54) is 0 Å². The number of hydrogen-bond acceptors (Lipinski definition) is 2. The van der Waals surface area contributed by atoms with Gasteiger partial charge in [0.25, 0.3) is 0 Å². The lowest BCUT2D eigenvalue weighted by atomic mass is 9.85. The van der Waals surface area contributed by atoms with E-state index in [4.69, 9.17) is 5.11 Å². The minimum absolute atomic E-state index is 0.0929. The molecule has 0 bridgehead atoms. The summed E-state index contributed by atoms with van der Waals surface area (Å²) in [6.45, 7) is 7.07. The lowest BCUT2D eigenvalue weighted by Crippen LogP contribution is -2.35. The molecule has 0 heterocycles. The topological polar surface area (TPSA) is 49.3 Å². The fourth-order valence-corrected chi connectivity index (χ4v) is 2.34. The van der Waals surface area contributed by atoms with Crippen LogP contribution in [-0.4, -0.2) is 24.2 Å². The number of benzene rings is 1. The molecule has 112 valence electrons. The number of rotatable bonds is 8. The molecule has 0 saturated heterocycles. The van der Waals surface area contributed by atoms with Crippen molar-refractivity contribution < 1.29 is 9.90 Å². The molecule has 0 spiro atoms. The summed E-state index contributed by atoms with van der Waals surface area (Å²) in [5, 5.41) is 11.9. The van der Waals surface area contributed by atoms with Crippen molar-refractivity contribution in [3.63, 3.8) is 0 Å². The van der Waals surface area contributed by atoms with Crippen LogP contribution in [0.3, 0.4) is 0 Å². The third kappa shape index (κ3) is 4.97. The maximum absolute atomic E-state index is 12.5. The Balaban J connectivity index is 2.71. The molecule has 3 atom stereocenters. The molecule has 0 aliphatic heterocycles. The van der Waals surface area contributed by atoms with Crippen molar-refractivity contribution in [2.24, 2.45) is 11.8 Å². The van der Waals surface area contributed by atoms with E-state index in [2.05, 4.69) is 19.2 Å². The molecule has 1 aromatic rings. The Morgan fingerprint density at radius 3 is 2.45 bits per heavy atom. The Bertz CT molecular complexity index is 391. The van der Waals surface area contributed by atoms with Gasteiger partial charge in [-0.1, -0.05) is 57.5 Å². The second kappa shape index (κ2) is 8.75. The lowest BCUT2D eigenvalue weighted by Gasteiger charge is -2.23. The summed E-state index contributed by atoms with van der Waals surface area (Å²) in [4.78, 5) is 12.5. The van der Waals surface area contributed by atoms with E-state index in [0.29, 0.717) is 18.4 Å². The molecule has 2 N–H and O–H groups in total. The lowest BCUT2D eigenvalue weighted by molar-refractivity contribution is -0.123. The van der Waals surface area contributed by atoms with E-state index in [0.717, 1.165) is 18.4 Å². The van der Waals surface area contributed by atoms with Crippen molar-refractivity contribution in [3.8, 4) is 0 Å². The first kappa shape index (κ1) is 16.7. The molecule has 0 radical (unpaired) electrons. The quantitative estimate of drug-likeness (QED) is 0.767. The summed E-state index contributed by atoms with van der Waals surface area (Å²) in [6, 6.07) is 9.97. The fraction of sp³-hybridized carbons (Fsp3) is 0.588. The summed E-state index contributed by atoms with van der Waals surface area (Å²) in [5.74, 6) is 0.612. The van der Waals surface area contributed by atoms with Gasteiger partial charge in [0.05, 0.1) is 5.92 Å². The van der Waals surface area contributed by atoms with Crippen LogP contribution in [0.2, 0.25) is 0 Å². The average molecular weight is 277 g/mol. The van der Waals surface area contributed by atoms with Gasteiger partial charge in [-0.3, -0.25) is 4.79 Å². The molecule has 3 unspecified atom stereocenters. The molecular formula is C17H27NO2. The van der Waals surface area contributed by atoms with Crippen LogP contribution < -0.4 is 5.32 Å². The van der Waals surface area contributed by atoms with Gasteiger partial charge in [-0.25, -0.2) is 0 Å². The molecule has 1 amide bonds. The maximum Gasteiger partial charge on any atom is 0.227 e. The van der Waals surface area contributed by atoms with Gasteiger partial charge in [-0.05, 0) is 23.8 Å². The smallest absolute Gasteiger partial charge is 0.227 e. The second-order valence-electron chi connectivity index (χ2n) is 5.64. The highest BCUT2D eigenvalue weighted by Crippen LogP contribution is 2.27. The number of carbonyl (C=O) groups excluding carboxylic acids is 1. The summed E-state index contributed by atoms with van der Waals surface area (Å²) in [6.07, 6.45) is 1.69. The number of aliphatic hydroxyl groups is 1. The van der Waals surface area contributed by atoms with Gasteiger partial charge in [0.2, 0.25) is 5.91 Å². The van der Waals surface area contributed by atoms with E-state index >= 15 is 0 Å². The van der Waals surface area contributed by atoms with Crippen LogP contribution in [0, 0.1) is 11.8 Å². The number of amides is 1. The molecular weight excluding hydrogens is 250 g/mol. The van der Waals surface area contributed by atoms with Gasteiger partial charge in [0, 0.05) is 13.2 Å². The summed E-state index contributed by atoms with van der Waals surface area (Å²) >= 11 is 0. The standard InChI is InChI=1S/C17H27NO2/c1-4-14(3)16(15-8-6-5-7-9-15)17(20)18-12-13(2)10-11-19/h5-9,13-14,16,19H,4,10-12H2,1-3H3,(H,18,20). The van der Waals surface area contributed by atoms with Gasteiger partial charge in [-0.2, -0.15) is 0 Å². The highest BCUT2D eigenvalue weighted by molar-refractivity contribution is 5.83. The van der Waals surface area contributed by atoms with Crippen molar-refractivity contribution in [1.82, 2.24) is 5.32 Å². The van der Waals surface area contributed by atoms with E-state index in [-0.39, 0.29) is 18.4 Å². The molecule has 1 aromatic carbocycles. The molecule has 3 heteroatoms. The third-order valence-electron chi connectivity index (χ3n) is 3.90. The number of aliphatic hydroxyl groups excluding tert-OH is 1. The predicted octanol–water partition coefficient (Wildman–Crippen LogP) is 2.95. The van der Waals surface area contributed by atoms with Gasteiger partial charge in [0.1, 0.15) is 0 Å². The van der Waals surface area contributed by atoms with Gasteiger partial charge in [0.15, 0.2) is 0 Å². The first-order valence-corrected chi connectivity index (χ1v) is 7.53. The van der Waals surface area contributed by atoms with Gasteiger partial charge < -0.3 is 10.4 Å². The van der Waals surface area contributed by atoms with E-state index in [1.807, 2.05) is 37.3 Å². The van der Waals surface area contributed by atoms with Crippen LogP contribution in [0.5, 0.6) is 0 Å². The average Bonchev–Trinajstić information content (AvgIpc) is 2.46. The molecule has 0 saturated carbocycles. The molecule has 0 fully saturated rings. The van der Waals surface area contributed by atoms with Gasteiger partial charge in [-0.15, -0.1) is 0 Å². The highest BCUT2D eigenvalue weighted by Gasteiger charge is 2.25. The van der Waals surface area contributed by atoms with Crippen molar-refractivity contribution in [1.29, 1.82) is 0 Å². The van der Waals surface area contributed by atoms with Crippen molar-refractivity contribution in [3.05, 3.63) is 35.9 Å². The molecule has 0 aliphatic carbocycles. The molecule has 1 rings (SSSR count). The Hall–Kier alpha value is -1.35. The minimum atomic E-state index is -0.0949. The Labute approximate surface area is 122 Å². The predicted molar refractivity (Wildman–Crippen MR) is 82.5 cm³/mol. The third-order valence-corrected chi connectivity index (χ3v) is 3.90. The van der Waals surface area contributed by atoms with Crippen LogP contribution in [0.1, 0.15) is 45.1 Å². The van der Waals surface area contributed by atoms with Crippen LogP contribution >= 0.6 is 0 Å². The highest BCUT2D eigenvalue weighted by atomic mass is 16.3. The van der Waals surface area contributed by atoms with Crippen LogP contribution in [0.15, 0.2) is 30.3 Å². The van der Waals surface area contributed by atoms with Crippen molar-refractivity contribution in [2.75, 3.05) is 13.2 Å². The summed E-state index contributed by atoms with van der Waals surface area (Å²) in [5.41, 5.74) is 1.08. The van der Waals surface area contributed by atoms with Gasteiger partial charge >= 0.3 is 0 Å². The SMILES string of the molecule is CCC(C)C(C(=O)NCC(C)CCO)c1ccccc1. The Kier molecular flexibility index (Phi) is 7.31. The first-order valence-electron chi connectivity index (χ1n) is 7.53. The molecule has 0 aliphatic rings. The largest absolute Gasteiger partial charge is 0.396 e. The summed E-state index contributed by atoms with van der Waals surface area (Å²) < 4.78 is 0. The Morgan fingerprint density at radius 2 is 1.90 bits per heavy atom. The summed E-state index contributed by atoms with van der Waals surface area (Å²) in [7, 11) is 0. The van der Waals surface area contributed by atoms with E-state index in [9.17, 15) is 4.79 Å². The molecule has 20 heavy (non-hydrogen) atoms. The Morgan fingerprint density at radius 1 is 1.25 bits per heavy atom. The molecule has 3 nitrogen and oxygen atoms in total. The van der Waals surface area contributed by atoms with Crippen LogP contribution in [0.25, 0.3) is 0 Å². The number of nitrogens with one attached hydrogen (secondary N) is 1. The second-order valence-corrected chi connectivity index (χ2v) is 5.64. The van der Waals surface area contributed by atoms with Crippen molar-refractivity contribution >= 4 is 5.91 Å². The first-order chi connectivity index (χ1) is 9.60. The monoisotopic (exact) mass is 277 g/mol. The number of carbonyl (C=O) groups is 1. The number of hydrogen-bond donors (Lipinski definition) is 2. The van der Waals surface area contributed by atoms with E-state index in [1.54, 1.807) is 0 Å². The molecule has 0 aromatic heterocycles. The zero-order valence-electron chi connectivity index (χ0n) is 12.8. The zero-order valence-corrected chi connectivity index (χ0v) is 12.8. The van der Waals surface area contributed by atoms with Crippen LogP contribution in [0.4, 0.5) is 0 Å². The van der Waals surface area contributed by atoms with Crippen molar-refractivity contribution in [2.45, 2.75) is 39.5 Å². The maximum atomic E-state index is 12.5. The normalized spacial score (nSPS) is 15.4. The van der Waals surface area contributed by atoms with E-state index < -0.39 is 0 Å². The fourth-order valence-electron chi connectivity index (χ4n) is 2.34. The minimum Gasteiger partial charge on any atom is -0.396 e. The van der Waals surface area contributed by atoms with Crippen LogP contribution in [-0.2, 0) is 4.79 Å².